The van der Waals surface area contributed by atoms with Gasteiger partial charge in [0.1, 0.15) is 0 Å². The standard InChI is InChI=1S/C17H21NO3/c1-2-17(8-3-4-9-17)16(21)18-10-7-12-5-6-13(15(19)20)11-14(12)18/h5-6,11H,2-4,7-10H2,1H3,(H,19,20). The van der Waals surface area contributed by atoms with Crippen molar-refractivity contribution in [2.45, 2.75) is 45.4 Å². The van der Waals surface area contributed by atoms with Gasteiger partial charge in [-0.1, -0.05) is 25.8 Å². The van der Waals surface area contributed by atoms with E-state index < -0.39 is 5.97 Å². The Morgan fingerprint density at radius 1 is 1.29 bits per heavy atom. The summed E-state index contributed by atoms with van der Waals surface area (Å²) in [6, 6.07) is 5.13. The molecule has 0 saturated heterocycles. The zero-order valence-corrected chi connectivity index (χ0v) is 12.4. The van der Waals surface area contributed by atoms with Crippen molar-refractivity contribution in [3.8, 4) is 0 Å². The lowest BCUT2D eigenvalue weighted by Gasteiger charge is -2.31. The zero-order valence-electron chi connectivity index (χ0n) is 12.4. The Bertz CT molecular complexity index is 588. The zero-order chi connectivity index (χ0) is 15.0. The van der Waals surface area contributed by atoms with E-state index in [1.807, 2.05) is 11.0 Å². The lowest BCUT2D eigenvalue weighted by molar-refractivity contribution is -0.128. The monoisotopic (exact) mass is 287 g/mol. The molecule has 1 N–H and O–H groups in total. The van der Waals surface area contributed by atoms with Crippen LogP contribution in [0.2, 0.25) is 0 Å². The summed E-state index contributed by atoms with van der Waals surface area (Å²) in [6.45, 7) is 2.77. The van der Waals surface area contributed by atoms with Crippen LogP contribution in [0.4, 0.5) is 5.69 Å². The topological polar surface area (TPSA) is 57.6 Å². The third-order valence-electron chi connectivity index (χ3n) is 5.16. The summed E-state index contributed by atoms with van der Waals surface area (Å²) in [5.74, 6) is -0.744. The van der Waals surface area contributed by atoms with Crippen molar-refractivity contribution in [2.24, 2.45) is 5.41 Å². The first kappa shape index (κ1) is 14.1. The first-order valence-electron chi connectivity index (χ1n) is 7.75. The van der Waals surface area contributed by atoms with Crippen LogP contribution in [0.5, 0.6) is 0 Å². The number of aromatic carboxylic acids is 1. The molecule has 21 heavy (non-hydrogen) atoms. The quantitative estimate of drug-likeness (QED) is 0.928. The Balaban J connectivity index is 1.94. The number of carbonyl (C=O) groups is 2. The lowest BCUT2D eigenvalue weighted by atomic mass is 9.82. The highest BCUT2D eigenvalue weighted by Crippen LogP contribution is 2.44. The van der Waals surface area contributed by atoms with Gasteiger partial charge in [-0.15, -0.1) is 0 Å². The molecule has 1 aliphatic carbocycles. The number of amides is 1. The number of benzene rings is 1. The summed E-state index contributed by atoms with van der Waals surface area (Å²) in [5.41, 5.74) is 1.92. The fourth-order valence-corrected chi connectivity index (χ4v) is 3.78. The van der Waals surface area contributed by atoms with Crippen molar-refractivity contribution >= 4 is 17.6 Å². The van der Waals surface area contributed by atoms with E-state index >= 15 is 0 Å². The molecule has 3 rings (SSSR count). The van der Waals surface area contributed by atoms with Crippen molar-refractivity contribution < 1.29 is 14.7 Å². The normalized spacial score (nSPS) is 19.6. The summed E-state index contributed by atoms with van der Waals surface area (Å²) >= 11 is 0. The van der Waals surface area contributed by atoms with Gasteiger partial charge in [-0.2, -0.15) is 0 Å². The Labute approximate surface area is 124 Å². The SMILES string of the molecule is CCC1(C(=O)N2CCc3ccc(C(=O)O)cc32)CCCC1. The minimum atomic E-state index is -0.942. The molecule has 4 heteroatoms. The number of fused-ring (bicyclic) bond motifs is 1. The predicted octanol–water partition coefficient (Wildman–Crippen LogP) is 3.24. The molecule has 0 atom stereocenters. The van der Waals surface area contributed by atoms with Crippen molar-refractivity contribution in [1.82, 2.24) is 0 Å². The van der Waals surface area contributed by atoms with Crippen LogP contribution in [0.3, 0.4) is 0 Å². The summed E-state index contributed by atoms with van der Waals surface area (Å²) in [6.07, 6.45) is 5.86. The molecule has 1 saturated carbocycles. The lowest BCUT2D eigenvalue weighted by Crippen LogP contribution is -2.41. The minimum Gasteiger partial charge on any atom is -0.478 e. The first-order chi connectivity index (χ1) is 10.1. The summed E-state index contributed by atoms with van der Waals surface area (Å²) in [5, 5.41) is 9.15. The van der Waals surface area contributed by atoms with Gasteiger partial charge >= 0.3 is 5.97 Å². The number of hydrogen-bond donors (Lipinski definition) is 1. The fraction of sp³-hybridized carbons (Fsp3) is 0.529. The average molecular weight is 287 g/mol. The first-order valence-corrected chi connectivity index (χ1v) is 7.75. The molecule has 0 unspecified atom stereocenters. The van der Waals surface area contributed by atoms with E-state index in [0.29, 0.717) is 6.54 Å². The third-order valence-corrected chi connectivity index (χ3v) is 5.16. The molecule has 1 fully saturated rings. The number of nitrogens with zero attached hydrogens (tertiary/aromatic N) is 1. The molecule has 112 valence electrons. The number of carbonyl (C=O) groups excluding carboxylic acids is 1. The van der Waals surface area contributed by atoms with Gasteiger partial charge < -0.3 is 10.0 Å². The van der Waals surface area contributed by atoms with Crippen LogP contribution in [-0.4, -0.2) is 23.5 Å². The van der Waals surface area contributed by atoms with Crippen molar-refractivity contribution in [3.63, 3.8) is 0 Å². The Hall–Kier alpha value is -1.84. The molecule has 1 amide bonds. The number of carboxylic acids is 1. The van der Waals surface area contributed by atoms with E-state index in [9.17, 15) is 9.59 Å². The summed E-state index contributed by atoms with van der Waals surface area (Å²) in [4.78, 5) is 26.0. The second kappa shape index (κ2) is 5.17. The van der Waals surface area contributed by atoms with Gasteiger partial charge in [-0.25, -0.2) is 4.79 Å². The molecule has 0 radical (unpaired) electrons. The van der Waals surface area contributed by atoms with Gasteiger partial charge in [-0.05, 0) is 43.4 Å². The molecule has 1 heterocycles. The molecule has 0 bridgehead atoms. The molecular formula is C17H21NO3. The average Bonchev–Trinajstić information content (AvgIpc) is 3.13. The van der Waals surface area contributed by atoms with Crippen LogP contribution in [0.15, 0.2) is 18.2 Å². The maximum Gasteiger partial charge on any atom is 0.335 e. The van der Waals surface area contributed by atoms with Gasteiger partial charge in [0.25, 0.3) is 0 Å². The molecular weight excluding hydrogens is 266 g/mol. The second-order valence-electron chi connectivity index (χ2n) is 6.20. The highest BCUT2D eigenvalue weighted by molar-refractivity contribution is 6.01. The third kappa shape index (κ3) is 2.23. The van der Waals surface area contributed by atoms with Gasteiger partial charge in [-0.3, -0.25) is 4.79 Å². The van der Waals surface area contributed by atoms with E-state index in [-0.39, 0.29) is 16.9 Å². The number of rotatable bonds is 3. The van der Waals surface area contributed by atoms with Crippen LogP contribution in [0.25, 0.3) is 0 Å². The van der Waals surface area contributed by atoms with Gasteiger partial charge in [0.15, 0.2) is 0 Å². The van der Waals surface area contributed by atoms with Crippen LogP contribution >= 0.6 is 0 Å². The molecule has 4 nitrogen and oxygen atoms in total. The van der Waals surface area contributed by atoms with Crippen LogP contribution in [-0.2, 0) is 11.2 Å². The number of anilines is 1. The summed E-state index contributed by atoms with van der Waals surface area (Å²) < 4.78 is 0. The second-order valence-corrected chi connectivity index (χ2v) is 6.20. The van der Waals surface area contributed by atoms with Crippen molar-refractivity contribution in [3.05, 3.63) is 29.3 Å². The van der Waals surface area contributed by atoms with Crippen molar-refractivity contribution in [2.75, 3.05) is 11.4 Å². The molecule has 1 aliphatic heterocycles. The van der Waals surface area contributed by atoms with E-state index in [4.69, 9.17) is 5.11 Å². The highest BCUT2D eigenvalue weighted by atomic mass is 16.4. The van der Waals surface area contributed by atoms with Gasteiger partial charge in [0, 0.05) is 17.6 Å². The number of hydrogen-bond acceptors (Lipinski definition) is 2. The fourth-order valence-electron chi connectivity index (χ4n) is 3.78. The Morgan fingerprint density at radius 2 is 2.00 bits per heavy atom. The van der Waals surface area contributed by atoms with Crippen molar-refractivity contribution in [1.29, 1.82) is 0 Å². The van der Waals surface area contributed by atoms with Crippen LogP contribution < -0.4 is 4.90 Å². The Kier molecular flexibility index (Phi) is 3.47. The maximum absolute atomic E-state index is 13.0. The van der Waals surface area contributed by atoms with E-state index in [2.05, 4.69) is 6.92 Å². The van der Waals surface area contributed by atoms with Crippen LogP contribution in [0.1, 0.15) is 54.9 Å². The summed E-state index contributed by atoms with van der Waals surface area (Å²) in [7, 11) is 0. The van der Waals surface area contributed by atoms with Gasteiger partial charge in [0.2, 0.25) is 5.91 Å². The van der Waals surface area contributed by atoms with E-state index in [1.165, 1.54) is 0 Å². The molecule has 1 aromatic rings. The molecule has 2 aliphatic rings. The highest BCUT2D eigenvalue weighted by Gasteiger charge is 2.43. The maximum atomic E-state index is 13.0. The predicted molar refractivity (Wildman–Crippen MR) is 80.7 cm³/mol. The van der Waals surface area contributed by atoms with E-state index in [0.717, 1.165) is 49.8 Å². The van der Waals surface area contributed by atoms with Crippen LogP contribution in [0, 0.1) is 5.41 Å². The number of carboxylic acid groups (broad SMARTS) is 1. The minimum absolute atomic E-state index is 0.198. The smallest absolute Gasteiger partial charge is 0.335 e. The van der Waals surface area contributed by atoms with Gasteiger partial charge in [0.05, 0.1) is 5.56 Å². The molecule has 0 aromatic heterocycles. The molecule has 0 spiro atoms. The molecule has 1 aromatic carbocycles. The van der Waals surface area contributed by atoms with E-state index in [1.54, 1.807) is 12.1 Å². The Morgan fingerprint density at radius 3 is 2.62 bits per heavy atom. The largest absolute Gasteiger partial charge is 0.478 e.